The van der Waals surface area contributed by atoms with E-state index in [9.17, 15) is 4.79 Å². The molecule has 1 aliphatic rings. The molecule has 0 atom stereocenters. The molecule has 3 heterocycles. The number of anilines is 2. The highest BCUT2D eigenvalue weighted by atomic mass is 35.5. The van der Waals surface area contributed by atoms with E-state index in [0.29, 0.717) is 16.2 Å². The number of nitrogens with zero attached hydrogens (tertiary/aromatic N) is 3. The minimum absolute atomic E-state index is 0. The number of benzene rings is 1. The largest absolute Gasteiger partial charge is 0.354 e. The molecule has 0 saturated carbocycles. The van der Waals surface area contributed by atoms with Crippen LogP contribution >= 0.6 is 24.0 Å². The van der Waals surface area contributed by atoms with Crippen molar-refractivity contribution in [3.05, 3.63) is 58.4 Å². The Morgan fingerprint density at radius 2 is 1.86 bits per heavy atom. The molecule has 0 spiro atoms. The van der Waals surface area contributed by atoms with Gasteiger partial charge in [0.15, 0.2) is 5.65 Å². The van der Waals surface area contributed by atoms with Gasteiger partial charge >= 0.3 is 0 Å². The Labute approximate surface area is 181 Å². The van der Waals surface area contributed by atoms with Crippen molar-refractivity contribution in [3.8, 4) is 0 Å². The summed E-state index contributed by atoms with van der Waals surface area (Å²) in [5, 5.41) is 4.92. The Bertz CT molecular complexity index is 1050. The van der Waals surface area contributed by atoms with Gasteiger partial charge < -0.3 is 10.2 Å². The predicted octanol–water partition coefficient (Wildman–Crippen LogP) is 5.69. The summed E-state index contributed by atoms with van der Waals surface area (Å²) in [6.45, 7) is 5.48. The van der Waals surface area contributed by atoms with Gasteiger partial charge in [-0.1, -0.05) is 17.7 Å². The van der Waals surface area contributed by atoms with Gasteiger partial charge in [-0.25, -0.2) is 9.97 Å². The molecule has 5 nitrogen and oxygen atoms in total. The molecule has 1 amide bonds. The van der Waals surface area contributed by atoms with Gasteiger partial charge in [-0.15, -0.1) is 12.4 Å². The monoisotopic (exact) mass is 430 g/mol. The number of halogens is 2. The number of carbonyl (C=O) groups is 1. The van der Waals surface area contributed by atoms with Crippen molar-refractivity contribution in [2.75, 3.05) is 18.4 Å². The number of hydrogen-bond donors (Lipinski definition) is 1. The Kier molecular flexibility index (Phi) is 6.60. The fraction of sp³-hybridized carbons (Fsp3) is 0.318. The van der Waals surface area contributed by atoms with Crippen molar-refractivity contribution in [1.82, 2.24) is 14.9 Å². The number of aryl methyl sites for hydroxylation is 2. The van der Waals surface area contributed by atoms with Crippen LogP contribution in [0.4, 0.5) is 11.4 Å². The number of carbonyl (C=O) groups excluding carboxylic acids is 1. The fourth-order valence-electron chi connectivity index (χ4n) is 3.55. The summed E-state index contributed by atoms with van der Waals surface area (Å²) >= 11 is 6.30. The van der Waals surface area contributed by atoms with Gasteiger partial charge in [-0.05, 0) is 62.9 Å². The molecule has 152 valence electrons. The van der Waals surface area contributed by atoms with Crippen molar-refractivity contribution in [3.63, 3.8) is 0 Å². The number of rotatable bonds is 3. The van der Waals surface area contributed by atoms with E-state index in [0.717, 1.165) is 53.9 Å². The lowest BCUT2D eigenvalue weighted by molar-refractivity contribution is 0.0725. The molecule has 1 aliphatic heterocycles. The Hall–Kier alpha value is -2.37. The van der Waals surface area contributed by atoms with Crippen LogP contribution in [0.2, 0.25) is 5.02 Å². The number of aromatic nitrogens is 2. The summed E-state index contributed by atoms with van der Waals surface area (Å²) < 4.78 is 0. The molecular weight excluding hydrogens is 407 g/mol. The van der Waals surface area contributed by atoms with Crippen molar-refractivity contribution in [2.24, 2.45) is 0 Å². The fourth-order valence-corrected chi connectivity index (χ4v) is 3.73. The van der Waals surface area contributed by atoms with E-state index in [2.05, 4.69) is 15.3 Å². The van der Waals surface area contributed by atoms with Crippen molar-refractivity contribution in [2.45, 2.75) is 33.1 Å². The minimum atomic E-state index is 0. The SMILES string of the molecule is Cc1ccc2c(Nc3ccc(C)c(Cl)c3)c(C(=O)N3CCCCC3)cnc2n1.Cl. The normalized spacial score (nSPS) is 13.8. The Morgan fingerprint density at radius 1 is 1.10 bits per heavy atom. The molecule has 4 rings (SSSR count). The molecule has 1 N–H and O–H groups in total. The molecule has 1 saturated heterocycles. The summed E-state index contributed by atoms with van der Waals surface area (Å²) in [4.78, 5) is 24.1. The smallest absolute Gasteiger partial charge is 0.257 e. The predicted molar refractivity (Wildman–Crippen MR) is 121 cm³/mol. The number of hydrogen-bond acceptors (Lipinski definition) is 4. The zero-order valence-electron chi connectivity index (χ0n) is 16.5. The van der Waals surface area contributed by atoms with Crippen LogP contribution in [-0.2, 0) is 0 Å². The third-order valence-electron chi connectivity index (χ3n) is 5.18. The highest BCUT2D eigenvalue weighted by Gasteiger charge is 2.23. The van der Waals surface area contributed by atoms with Crippen molar-refractivity contribution >= 4 is 52.3 Å². The van der Waals surface area contributed by atoms with E-state index in [-0.39, 0.29) is 18.3 Å². The molecule has 3 aromatic rings. The van der Waals surface area contributed by atoms with Crippen LogP contribution in [-0.4, -0.2) is 33.9 Å². The molecule has 0 aliphatic carbocycles. The lowest BCUT2D eigenvalue weighted by atomic mass is 10.1. The van der Waals surface area contributed by atoms with E-state index >= 15 is 0 Å². The Morgan fingerprint density at radius 3 is 2.59 bits per heavy atom. The molecule has 0 bridgehead atoms. The second kappa shape index (κ2) is 8.97. The highest BCUT2D eigenvalue weighted by molar-refractivity contribution is 6.31. The first-order valence-electron chi connectivity index (χ1n) is 9.62. The maximum absolute atomic E-state index is 13.2. The number of nitrogens with one attached hydrogen (secondary N) is 1. The maximum atomic E-state index is 13.2. The van der Waals surface area contributed by atoms with E-state index in [1.165, 1.54) is 6.42 Å². The van der Waals surface area contributed by atoms with Gasteiger partial charge in [0.1, 0.15) is 0 Å². The summed E-state index contributed by atoms with van der Waals surface area (Å²) in [7, 11) is 0. The van der Waals surface area contributed by atoms with Gasteiger partial charge in [-0.3, -0.25) is 4.79 Å². The summed E-state index contributed by atoms with van der Waals surface area (Å²) in [6, 6.07) is 9.70. The van der Waals surface area contributed by atoms with Gasteiger partial charge in [0, 0.05) is 41.1 Å². The molecule has 29 heavy (non-hydrogen) atoms. The molecule has 1 fully saturated rings. The van der Waals surface area contributed by atoms with E-state index < -0.39 is 0 Å². The minimum Gasteiger partial charge on any atom is -0.354 e. The van der Waals surface area contributed by atoms with E-state index in [1.807, 2.05) is 49.1 Å². The first-order valence-corrected chi connectivity index (χ1v) is 9.99. The average molecular weight is 431 g/mol. The van der Waals surface area contributed by atoms with Crippen LogP contribution < -0.4 is 5.32 Å². The number of pyridine rings is 2. The lowest BCUT2D eigenvalue weighted by Crippen LogP contribution is -2.36. The van der Waals surface area contributed by atoms with Crippen molar-refractivity contribution < 1.29 is 4.79 Å². The van der Waals surface area contributed by atoms with Crippen LogP contribution in [0.15, 0.2) is 36.5 Å². The molecule has 1 aromatic carbocycles. The highest BCUT2D eigenvalue weighted by Crippen LogP contribution is 2.31. The molecule has 2 aromatic heterocycles. The van der Waals surface area contributed by atoms with E-state index in [4.69, 9.17) is 11.6 Å². The summed E-state index contributed by atoms with van der Waals surface area (Å²) in [6.07, 6.45) is 4.91. The maximum Gasteiger partial charge on any atom is 0.257 e. The standard InChI is InChI=1S/C22H23ClN4O.ClH/c1-14-6-8-16(12-19(14)23)26-20-17-9-7-15(2)25-21(17)24-13-18(20)22(28)27-10-4-3-5-11-27;/h6-9,12-13H,3-5,10-11H2,1-2H3,(H,24,25,26);1H. The van der Waals surface area contributed by atoms with Crippen LogP contribution in [0, 0.1) is 13.8 Å². The van der Waals surface area contributed by atoms with Crippen LogP contribution in [0.25, 0.3) is 11.0 Å². The lowest BCUT2D eigenvalue weighted by Gasteiger charge is -2.27. The van der Waals surface area contributed by atoms with Gasteiger partial charge in [-0.2, -0.15) is 0 Å². The number of piperidine rings is 1. The van der Waals surface area contributed by atoms with E-state index in [1.54, 1.807) is 6.20 Å². The molecular formula is C22H24Cl2N4O. The quantitative estimate of drug-likeness (QED) is 0.579. The van der Waals surface area contributed by atoms with Crippen molar-refractivity contribution in [1.29, 1.82) is 0 Å². The van der Waals surface area contributed by atoms with Crippen LogP contribution in [0.3, 0.4) is 0 Å². The molecule has 0 unspecified atom stereocenters. The van der Waals surface area contributed by atoms with Gasteiger partial charge in [0.25, 0.3) is 5.91 Å². The summed E-state index contributed by atoms with van der Waals surface area (Å²) in [5.74, 6) is 0.00961. The second-order valence-corrected chi connectivity index (χ2v) is 7.72. The average Bonchev–Trinajstić information content (AvgIpc) is 2.71. The number of amides is 1. The molecule has 0 radical (unpaired) electrons. The van der Waals surface area contributed by atoms with Gasteiger partial charge in [0.05, 0.1) is 11.3 Å². The van der Waals surface area contributed by atoms with Crippen LogP contribution in [0.5, 0.6) is 0 Å². The first kappa shape index (κ1) is 21.3. The summed E-state index contributed by atoms with van der Waals surface area (Å²) in [5.41, 5.74) is 4.64. The van der Waals surface area contributed by atoms with Crippen LogP contribution in [0.1, 0.15) is 40.9 Å². The Balaban J connectivity index is 0.00000240. The topological polar surface area (TPSA) is 58.1 Å². The zero-order valence-corrected chi connectivity index (χ0v) is 18.1. The number of likely N-dealkylation sites (tertiary alicyclic amines) is 1. The van der Waals surface area contributed by atoms with Gasteiger partial charge in [0.2, 0.25) is 0 Å². The third-order valence-corrected chi connectivity index (χ3v) is 5.59. The third kappa shape index (κ3) is 4.46. The second-order valence-electron chi connectivity index (χ2n) is 7.31. The zero-order chi connectivity index (χ0) is 19.7. The first-order chi connectivity index (χ1) is 13.5. The number of fused-ring (bicyclic) bond motifs is 1. The molecule has 7 heteroatoms.